The Morgan fingerprint density at radius 1 is 1.40 bits per heavy atom. The molecule has 4 unspecified atom stereocenters. The zero-order valence-corrected chi connectivity index (χ0v) is 13.4. The molecule has 0 bridgehead atoms. The number of nitrogens with one attached hydrogen (secondary N) is 1. The molecule has 0 spiro atoms. The summed E-state index contributed by atoms with van der Waals surface area (Å²) in [6, 6.07) is 8.58. The van der Waals surface area contributed by atoms with Crippen molar-refractivity contribution in [1.29, 1.82) is 0 Å². The fourth-order valence-electron chi connectivity index (χ4n) is 2.71. The molecule has 20 heavy (non-hydrogen) atoms. The Bertz CT molecular complexity index is 440. The second-order valence-corrected chi connectivity index (χ2v) is 7.40. The molecule has 1 aromatic rings. The maximum Gasteiger partial charge on any atom is 0.0691 e. The molecule has 3 nitrogen and oxygen atoms in total. The van der Waals surface area contributed by atoms with Crippen LogP contribution in [0.5, 0.6) is 0 Å². The van der Waals surface area contributed by atoms with Gasteiger partial charge >= 0.3 is 0 Å². The monoisotopic (exact) mass is 295 g/mol. The largest absolute Gasteiger partial charge is 0.377 e. The van der Waals surface area contributed by atoms with Crippen molar-refractivity contribution in [2.75, 3.05) is 19.4 Å². The number of hydrogen-bond donors (Lipinski definition) is 1. The molecular formula is C16H25NO2S. The zero-order valence-electron chi connectivity index (χ0n) is 12.6. The van der Waals surface area contributed by atoms with E-state index in [0.717, 1.165) is 19.4 Å². The fourth-order valence-corrected chi connectivity index (χ4v) is 4.24. The van der Waals surface area contributed by atoms with Crippen LogP contribution in [-0.4, -0.2) is 35.0 Å². The molecule has 1 fully saturated rings. The van der Waals surface area contributed by atoms with Crippen molar-refractivity contribution in [1.82, 2.24) is 5.32 Å². The molecular weight excluding hydrogens is 270 g/mol. The van der Waals surface area contributed by atoms with E-state index in [4.69, 9.17) is 4.74 Å². The smallest absolute Gasteiger partial charge is 0.0691 e. The molecule has 4 heteroatoms. The third-order valence-electron chi connectivity index (χ3n) is 4.01. The Kier molecular flexibility index (Phi) is 5.75. The Morgan fingerprint density at radius 2 is 2.10 bits per heavy atom. The third kappa shape index (κ3) is 3.90. The highest BCUT2D eigenvalue weighted by Gasteiger charge is 2.26. The summed E-state index contributed by atoms with van der Waals surface area (Å²) in [5.74, 6) is 0.658. The summed E-state index contributed by atoms with van der Waals surface area (Å²) in [5.41, 5.74) is 2.45. The van der Waals surface area contributed by atoms with E-state index in [-0.39, 0.29) is 17.4 Å². The molecule has 0 aliphatic carbocycles. The molecule has 0 amide bonds. The minimum Gasteiger partial charge on any atom is -0.377 e. The molecule has 1 heterocycles. The van der Waals surface area contributed by atoms with Crippen LogP contribution in [0.3, 0.4) is 0 Å². The van der Waals surface area contributed by atoms with Crippen LogP contribution in [-0.2, 0) is 15.5 Å². The van der Waals surface area contributed by atoms with E-state index in [9.17, 15) is 4.21 Å². The Balaban J connectivity index is 2.02. The third-order valence-corrected chi connectivity index (χ3v) is 5.81. The van der Waals surface area contributed by atoms with Gasteiger partial charge in [-0.15, -0.1) is 0 Å². The van der Waals surface area contributed by atoms with Crippen molar-refractivity contribution >= 4 is 10.8 Å². The van der Waals surface area contributed by atoms with Gasteiger partial charge in [0.2, 0.25) is 0 Å². The minimum absolute atomic E-state index is 0.0758. The normalized spacial score (nSPS) is 23.4. The first-order chi connectivity index (χ1) is 9.61. The number of aryl methyl sites for hydroxylation is 1. The summed E-state index contributed by atoms with van der Waals surface area (Å²) < 4.78 is 18.1. The Hall–Kier alpha value is -0.710. The second kappa shape index (κ2) is 7.34. The maximum atomic E-state index is 12.5. The van der Waals surface area contributed by atoms with Gasteiger partial charge in [-0.25, -0.2) is 0 Å². The predicted octanol–water partition coefficient (Wildman–Crippen LogP) is 2.57. The Morgan fingerprint density at radius 3 is 2.65 bits per heavy atom. The highest BCUT2D eigenvalue weighted by atomic mass is 32.2. The highest BCUT2D eigenvalue weighted by Crippen LogP contribution is 2.23. The van der Waals surface area contributed by atoms with Crippen LogP contribution in [0.15, 0.2) is 24.3 Å². The summed E-state index contributed by atoms with van der Waals surface area (Å²) in [7, 11) is 1.06. The molecule has 4 atom stereocenters. The predicted molar refractivity (Wildman–Crippen MR) is 84.4 cm³/mol. The van der Waals surface area contributed by atoms with Gasteiger partial charge in [0.1, 0.15) is 0 Å². The molecule has 0 radical (unpaired) electrons. The zero-order chi connectivity index (χ0) is 14.5. The van der Waals surface area contributed by atoms with Crippen LogP contribution in [0.25, 0.3) is 0 Å². The van der Waals surface area contributed by atoms with Gasteiger partial charge in [0.05, 0.1) is 17.1 Å². The average molecular weight is 295 g/mol. The Labute approximate surface area is 124 Å². The molecule has 112 valence electrons. The van der Waals surface area contributed by atoms with Gasteiger partial charge in [-0.05, 0) is 39.3 Å². The van der Waals surface area contributed by atoms with Crippen molar-refractivity contribution in [3.05, 3.63) is 35.4 Å². The summed E-state index contributed by atoms with van der Waals surface area (Å²) in [6.07, 6.45) is 2.34. The van der Waals surface area contributed by atoms with Crippen molar-refractivity contribution in [3.8, 4) is 0 Å². The number of rotatable bonds is 6. The topological polar surface area (TPSA) is 38.3 Å². The fraction of sp³-hybridized carbons (Fsp3) is 0.625. The summed E-state index contributed by atoms with van der Waals surface area (Å²) in [6.45, 7) is 4.97. The van der Waals surface area contributed by atoms with Gasteiger partial charge in [0, 0.05) is 23.4 Å². The van der Waals surface area contributed by atoms with E-state index >= 15 is 0 Å². The van der Waals surface area contributed by atoms with E-state index in [1.54, 1.807) is 0 Å². The van der Waals surface area contributed by atoms with Crippen molar-refractivity contribution in [2.45, 2.75) is 44.1 Å². The van der Waals surface area contributed by atoms with Crippen molar-refractivity contribution in [3.63, 3.8) is 0 Å². The first-order valence-corrected chi connectivity index (χ1v) is 8.72. The van der Waals surface area contributed by atoms with Crippen LogP contribution in [0, 0.1) is 6.92 Å². The van der Waals surface area contributed by atoms with Gasteiger partial charge in [0.15, 0.2) is 0 Å². The molecule has 1 aromatic carbocycles. The lowest BCUT2D eigenvalue weighted by Crippen LogP contribution is -2.33. The van der Waals surface area contributed by atoms with E-state index in [2.05, 4.69) is 43.4 Å². The number of benzene rings is 1. The van der Waals surface area contributed by atoms with Crippen LogP contribution in [0.4, 0.5) is 0 Å². The molecule has 2 rings (SSSR count). The lowest BCUT2D eigenvalue weighted by Gasteiger charge is -2.24. The van der Waals surface area contributed by atoms with Crippen LogP contribution in [0.1, 0.15) is 36.9 Å². The van der Waals surface area contributed by atoms with Gasteiger partial charge in [-0.3, -0.25) is 4.21 Å². The van der Waals surface area contributed by atoms with Crippen molar-refractivity contribution in [2.24, 2.45) is 0 Å². The number of ether oxygens (including phenoxy) is 1. The van der Waals surface area contributed by atoms with Gasteiger partial charge < -0.3 is 10.1 Å². The van der Waals surface area contributed by atoms with Crippen LogP contribution >= 0.6 is 0 Å². The van der Waals surface area contributed by atoms with Gasteiger partial charge in [-0.2, -0.15) is 0 Å². The van der Waals surface area contributed by atoms with Gasteiger partial charge in [0.25, 0.3) is 0 Å². The molecule has 1 aliphatic heterocycles. The lowest BCUT2D eigenvalue weighted by atomic mass is 10.0. The average Bonchev–Trinajstić information content (AvgIpc) is 2.94. The summed E-state index contributed by atoms with van der Waals surface area (Å²) in [4.78, 5) is 0. The van der Waals surface area contributed by atoms with Crippen LogP contribution in [0.2, 0.25) is 0 Å². The molecule has 0 saturated carbocycles. The number of hydrogen-bond acceptors (Lipinski definition) is 3. The van der Waals surface area contributed by atoms with E-state index in [1.165, 1.54) is 11.1 Å². The summed E-state index contributed by atoms with van der Waals surface area (Å²) >= 11 is 0. The summed E-state index contributed by atoms with van der Waals surface area (Å²) in [5, 5.41) is 3.39. The van der Waals surface area contributed by atoms with E-state index in [1.807, 2.05) is 7.05 Å². The van der Waals surface area contributed by atoms with E-state index < -0.39 is 10.8 Å². The molecule has 0 aromatic heterocycles. The lowest BCUT2D eigenvalue weighted by molar-refractivity contribution is 0.128. The SMILES string of the molecule is CNC(c1ccc(C)cc1)C(C)S(=O)CC1CCCO1. The van der Waals surface area contributed by atoms with E-state index in [0.29, 0.717) is 5.75 Å². The van der Waals surface area contributed by atoms with Crippen molar-refractivity contribution < 1.29 is 8.95 Å². The highest BCUT2D eigenvalue weighted by molar-refractivity contribution is 7.85. The molecule has 1 N–H and O–H groups in total. The second-order valence-electron chi connectivity index (χ2n) is 5.56. The molecule has 1 saturated heterocycles. The first-order valence-electron chi connectivity index (χ1n) is 7.34. The quantitative estimate of drug-likeness (QED) is 0.876. The first kappa shape index (κ1) is 15.7. The molecule has 1 aliphatic rings. The van der Waals surface area contributed by atoms with Gasteiger partial charge in [-0.1, -0.05) is 29.8 Å². The minimum atomic E-state index is -0.878. The maximum absolute atomic E-state index is 12.5. The van der Waals surface area contributed by atoms with Crippen LogP contribution < -0.4 is 5.32 Å². The standard InChI is InChI=1S/C16H25NO2S/c1-12-6-8-14(9-7-12)16(17-3)13(2)20(18)11-15-5-4-10-19-15/h6-9,13,15-17H,4-5,10-11H2,1-3H3.